The summed E-state index contributed by atoms with van der Waals surface area (Å²) in [7, 11) is 0. The van der Waals surface area contributed by atoms with Gasteiger partial charge in [-0.2, -0.15) is 30.0 Å². The number of nitrogens with one attached hydrogen (secondary N) is 1. The molecule has 142 valence electrons. The number of halogens is 3. The van der Waals surface area contributed by atoms with Crippen LogP contribution in [0.25, 0.3) is 17.1 Å². The molecule has 0 saturated carbocycles. The highest BCUT2D eigenvalue weighted by Gasteiger charge is 2.30. The normalized spacial score (nSPS) is 11.6. The van der Waals surface area contributed by atoms with Crippen LogP contribution in [0.15, 0.2) is 53.1 Å². The predicted octanol–water partition coefficient (Wildman–Crippen LogP) is 4.84. The first-order chi connectivity index (χ1) is 12.9. The molecular weight excluding hydrogens is 379 g/mol. The van der Waals surface area contributed by atoms with Gasteiger partial charge in [-0.15, -0.1) is 0 Å². The molecule has 0 bridgehead atoms. The number of alkyl halides is 3. The van der Waals surface area contributed by atoms with Crippen LogP contribution in [0.5, 0.6) is 0 Å². The maximum absolute atomic E-state index is 12.8. The summed E-state index contributed by atoms with van der Waals surface area (Å²) in [4.78, 5) is 12.1. The number of carbonyl (C=O) groups is 1. The summed E-state index contributed by atoms with van der Waals surface area (Å²) >= 11 is 1.54. The van der Waals surface area contributed by atoms with Gasteiger partial charge in [-0.05, 0) is 42.7 Å². The van der Waals surface area contributed by atoms with Gasteiger partial charge in [0.15, 0.2) is 5.76 Å². The molecule has 0 aliphatic carbocycles. The lowest BCUT2D eigenvalue weighted by Crippen LogP contribution is -2.15. The third-order valence-electron chi connectivity index (χ3n) is 3.72. The Hall–Kier alpha value is -2.68. The van der Waals surface area contributed by atoms with E-state index in [0.29, 0.717) is 35.1 Å². The van der Waals surface area contributed by atoms with Gasteiger partial charge in [0.25, 0.3) is 0 Å². The standard InChI is InChI=1S/C18H16F3N3O2S/c1-27-10-8-17(25)22-16-11-14(15-3-2-9-26-15)23-24(16)13-6-4-12(5-7-13)18(19,20)21/h2-7,9,11H,8,10H2,1H3,(H,22,25). The highest BCUT2D eigenvalue weighted by atomic mass is 32.2. The first-order valence-corrected chi connectivity index (χ1v) is 9.38. The van der Waals surface area contributed by atoms with Crippen molar-refractivity contribution in [3.63, 3.8) is 0 Å². The average molecular weight is 395 g/mol. The fraction of sp³-hybridized carbons (Fsp3) is 0.222. The van der Waals surface area contributed by atoms with Crippen LogP contribution in [-0.4, -0.2) is 27.7 Å². The van der Waals surface area contributed by atoms with Crippen molar-refractivity contribution >= 4 is 23.5 Å². The zero-order valence-electron chi connectivity index (χ0n) is 14.3. The minimum Gasteiger partial charge on any atom is -0.463 e. The monoisotopic (exact) mass is 395 g/mol. The smallest absolute Gasteiger partial charge is 0.416 e. The Kier molecular flexibility index (Phi) is 5.59. The maximum Gasteiger partial charge on any atom is 0.416 e. The quantitative estimate of drug-likeness (QED) is 0.649. The van der Waals surface area contributed by atoms with Crippen molar-refractivity contribution in [1.29, 1.82) is 0 Å². The molecule has 0 aliphatic heterocycles. The topological polar surface area (TPSA) is 60.1 Å². The van der Waals surface area contributed by atoms with Crippen LogP contribution in [0.3, 0.4) is 0 Å². The minimum absolute atomic E-state index is 0.205. The second-order valence-corrected chi connectivity index (χ2v) is 6.63. The molecular formula is C18H16F3N3O2S. The number of nitrogens with zero attached hydrogens (tertiary/aromatic N) is 2. The SMILES string of the molecule is CSCCC(=O)Nc1cc(-c2ccco2)nn1-c1ccc(C(F)(F)F)cc1. The molecule has 0 aliphatic rings. The van der Waals surface area contributed by atoms with Gasteiger partial charge in [0, 0.05) is 18.2 Å². The van der Waals surface area contributed by atoms with Crippen molar-refractivity contribution in [1.82, 2.24) is 9.78 Å². The molecule has 5 nitrogen and oxygen atoms in total. The van der Waals surface area contributed by atoms with Crippen LogP contribution in [0.1, 0.15) is 12.0 Å². The lowest BCUT2D eigenvalue weighted by atomic mass is 10.2. The third-order valence-corrected chi connectivity index (χ3v) is 4.34. The number of hydrogen-bond donors (Lipinski definition) is 1. The van der Waals surface area contributed by atoms with Crippen LogP contribution < -0.4 is 5.32 Å². The van der Waals surface area contributed by atoms with Gasteiger partial charge in [-0.3, -0.25) is 4.79 Å². The van der Waals surface area contributed by atoms with E-state index in [-0.39, 0.29) is 5.91 Å². The van der Waals surface area contributed by atoms with E-state index in [0.717, 1.165) is 12.1 Å². The molecule has 0 radical (unpaired) electrons. The molecule has 0 saturated heterocycles. The van der Waals surface area contributed by atoms with Gasteiger partial charge in [0.2, 0.25) is 5.91 Å². The maximum atomic E-state index is 12.8. The number of aromatic nitrogens is 2. The second kappa shape index (κ2) is 7.91. The first-order valence-electron chi connectivity index (χ1n) is 7.99. The Balaban J connectivity index is 1.95. The number of amides is 1. The second-order valence-electron chi connectivity index (χ2n) is 5.64. The molecule has 27 heavy (non-hydrogen) atoms. The van der Waals surface area contributed by atoms with Crippen LogP contribution in [0.4, 0.5) is 19.0 Å². The minimum atomic E-state index is -4.42. The Morgan fingerprint density at radius 2 is 2.00 bits per heavy atom. The molecule has 0 atom stereocenters. The van der Waals surface area contributed by atoms with Gasteiger partial charge >= 0.3 is 6.18 Å². The molecule has 1 N–H and O–H groups in total. The molecule has 0 fully saturated rings. The fourth-order valence-corrected chi connectivity index (χ4v) is 2.79. The molecule has 0 unspecified atom stereocenters. The van der Waals surface area contributed by atoms with Crippen molar-refractivity contribution in [3.8, 4) is 17.1 Å². The molecule has 3 aromatic rings. The van der Waals surface area contributed by atoms with Gasteiger partial charge < -0.3 is 9.73 Å². The van der Waals surface area contributed by atoms with Crippen molar-refractivity contribution < 1.29 is 22.4 Å². The highest BCUT2D eigenvalue weighted by molar-refractivity contribution is 7.98. The van der Waals surface area contributed by atoms with Crippen molar-refractivity contribution in [2.45, 2.75) is 12.6 Å². The first kappa shape index (κ1) is 19.1. The van der Waals surface area contributed by atoms with E-state index in [1.807, 2.05) is 6.26 Å². The van der Waals surface area contributed by atoms with Crippen molar-refractivity contribution in [2.24, 2.45) is 0 Å². The Bertz CT molecular complexity index is 903. The predicted molar refractivity (Wildman–Crippen MR) is 97.9 cm³/mol. The van der Waals surface area contributed by atoms with Gasteiger partial charge in [-0.25, -0.2) is 4.68 Å². The van der Waals surface area contributed by atoms with Crippen molar-refractivity contribution in [3.05, 3.63) is 54.3 Å². The molecule has 1 aromatic carbocycles. The zero-order chi connectivity index (χ0) is 19.4. The van der Waals surface area contributed by atoms with E-state index in [9.17, 15) is 18.0 Å². The van der Waals surface area contributed by atoms with E-state index in [1.165, 1.54) is 23.1 Å². The zero-order valence-corrected chi connectivity index (χ0v) is 15.1. The fourth-order valence-electron chi connectivity index (χ4n) is 2.40. The number of thioether (sulfide) groups is 1. The summed E-state index contributed by atoms with van der Waals surface area (Å²) in [5.74, 6) is 1.29. The molecule has 2 heterocycles. The van der Waals surface area contributed by atoms with Gasteiger partial charge in [0.1, 0.15) is 11.5 Å². The number of benzene rings is 1. The van der Waals surface area contributed by atoms with E-state index in [2.05, 4.69) is 10.4 Å². The lowest BCUT2D eigenvalue weighted by Gasteiger charge is -2.10. The van der Waals surface area contributed by atoms with Gasteiger partial charge in [0.05, 0.1) is 17.5 Å². The summed E-state index contributed by atoms with van der Waals surface area (Å²) in [6, 6.07) is 9.58. The molecule has 3 rings (SSSR count). The lowest BCUT2D eigenvalue weighted by molar-refractivity contribution is -0.137. The van der Waals surface area contributed by atoms with Crippen LogP contribution in [0.2, 0.25) is 0 Å². The number of anilines is 1. The van der Waals surface area contributed by atoms with Crippen molar-refractivity contribution in [2.75, 3.05) is 17.3 Å². The Morgan fingerprint density at radius 3 is 2.59 bits per heavy atom. The Morgan fingerprint density at radius 1 is 1.26 bits per heavy atom. The molecule has 9 heteroatoms. The van der Waals surface area contributed by atoms with E-state index in [1.54, 1.807) is 30.0 Å². The number of hydrogen-bond acceptors (Lipinski definition) is 4. The van der Waals surface area contributed by atoms with Crippen LogP contribution in [-0.2, 0) is 11.0 Å². The largest absolute Gasteiger partial charge is 0.463 e. The summed E-state index contributed by atoms with van der Waals surface area (Å²) in [5, 5.41) is 7.13. The Labute approximate surface area is 157 Å². The molecule has 1 amide bonds. The average Bonchev–Trinajstić information content (AvgIpc) is 3.29. The van der Waals surface area contributed by atoms with Crippen LogP contribution in [0, 0.1) is 0 Å². The number of carbonyl (C=O) groups excluding carboxylic acids is 1. The number of furan rings is 1. The summed E-state index contributed by atoms with van der Waals surface area (Å²) in [5.41, 5.74) is 0.0938. The van der Waals surface area contributed by atoms with E-state index >= 15 is 0 Å². The highest BCUT2D eigenvalue weighted by Crippen LogP contribution is 2.31. The van der Waals surface area contributed by atoms with E-state index in [4.69, 9.17) is 4.42 Å². The van der Waals surface area contributed by atoms with Gasteiger partial charge in [-0.1, -0.05) is 0 Å². The summed E-state index contributed by atoms with van der Waals surface area (Å²) in [6.07, 6.45) is -0.718. The summed E-state index contributed by atoms with van der Waals surface area (Å²) in [6.45, 7) is 0. The summed E-state index contributed by atoms with van der Waals surface area (Å²) < 4.78 is 45.1. The van der Waals surface area contributed by atoms with Crippen LogP contribution >= 0.6 is 11.8 Å². The third kappa shape index (κ3) is 4.54. The van der Waals surface area contributed by atoms with E-state index < -0.39 is 11.7 Å². The molecule has 0 spiro atoms. The number of rotatable bonds is 6. The molecule has 2 aromatic heterocycles.